The maximum Gasteiger partial charge on any atom is 0.239 e. The van der Waals surface area contributed by atoms with Gasteiger partial charge >= 0.3 is 0 Å². The molecule has 3 heteroatoms. The van der Waals surface area contributed by atoms with Gasteiger partial charge in [-0.05, 0) is 39.2 Å². The summed E-state index contributed by atoms with van der Waals surface area (Å²) in [6.07, 6.45) is 2.13. The third-order valence-electron chi connectivity index (χ3n) is 2.83. The van der Waals surface area contributed by atoms with E-state index in [4.69, 9.17) is 0 Å². The zero-order chi connectivity index (χ0) is 11.4. The fourth-order valence-corrected chi connectivity index (χ4v) is 2.04. The Kier molecular flexibility index (Phi) is 4.58. The van der Waals surface area contributed by atoms with Crippen LogP contribution in [0.4, 0.5) is 0 Å². The molecule has 0 radical (unpaired) electrons. The first-order valence-corrected chi connectivity index (χ1v) is 6.06. The highest BCUT2D eigenvalue weighted by Gasteiger charge is 2.28. The van der Waals surface area contributed by atoms with Crippen LogP contribution in [0.1, 0.15) is 40.5 Å². The summed E-state index contributed by atoms with van der Waals surface area (Å²) in [6.45, 7) is 10.4. The van der Waals surface area contributed by atoms with E-state index in [9.17, 15) is 4.79 Å². The normalized spacial score (nSPS) is 21.3. The largest absolute Gasteiger partial charge is 0.339 e. The van der Waals surface area contributed by atoms with Crippen LogP contribution in [0.5, 0.6) is 0 Å². The number of amides is 1. The van der Waals surface area contributed by atoms with Gasteiger partial charge in [0.1, 0.15) is 0 Å². The van der Waals surface area contributed by atoms with Gasteiger partial charge < -0.3 is 10.2 Å². The standard InChI is InChI=1S/C12H24N2O/c1-9(2)8-14(10(3)4)12(15)11-6-5-7-13-11/h9-11,13H,5-8H2,1-4H3/t11-/m1/s1. The highest BCUT2D eigenvalue weighted by atomic mass is 16.2. The molecule has 0 spiro atoms. The average Bonchev–Trinajstić information content (AvgIpc) is 2.65. The van der Waals surface area contributed by atoms with Crippen molar-refractivity contribution in [2.75, 3.05) is 13.1 Å². The Bertz CT molecular complexity index is 208. The number of nitrogens with zero attached hydrogens (tertiary/aromatic N) is 1. The van der Waals surface area contributed by atoms with Crippen molar-refractivity contribution in [2.24, 2.45) is 5.92 Å². The van der Waals surface area contributed by atoms with E-state index in [0.29, 0.717) is 12.0 Å². The molecule has 0 aliphatic carbocycles. The van der Waals surface area contributed by atoms with Gasteiger partial charge in [-0.2, -0.15) is 0 Å². The summed E-state index contributed by atoms with van der Waals surface area (Å²) in [6, 6.07) is 0.383. The van der Waals surface area contributed by atoms with Crippen molar-refractivity contribution < 1.29 is 4.79 Å². The fourth-order valence-electron chi connectivity index (χ4n) is 2.04. The SMILES string of the molecule is CC(C)CN(C(=O)[C@H]1CCCN1)C(C)C. The van der Waals surface area contributed by atoms with Crippen LogP contribution in [-0.4, -0.2) is 36.0 Å². The molecule has 1 saturated heterocycles. The monoisotopic (exact) mass is 212 g/mol. The van der Waals surface area contributed by atoms with Gasteiger partial charge in [0.05, 0.1) is 6.04 Å². The lowest BCUT2D eigenvalue weighted by atomic mass is 10.1. The van der Waals surface area contributed by atoms with E-state index in [1.165, 1.54) is 0 Å². The van der Waals surface area contributed by atoms with E-state index >= 15 is 0 Å². The molecule has 0 aromatic rings. The van der Waals surface area contributed by atoms with Gasteiger partial charge in [0.25, 0.3) is 0 Å². The van der Waals surface area contributed by atoms with Crippen LogP contribution >= 0.6 is 0 Å². The third-order valence-corrected chi connectivity index (χ3v) is 2.83. The lowest BCUT2D eigenvalue weighted by molar-refractivity contribution is -0.135. The Morgan fingerprint density at radius 2 is 2.07 bits per heavy atom. The maximum absolute atomic E-state index is 12.2. The molecule has 3 nitrogen and oxygen atoms in total. The molecular formula is C12H24N2O. The number of carbonyl (C=O) groups is 1. The second-order valence-corrected chi connectivity index (χ2v) is 5.13. The molecule has 1 atom stereocenters. The number of nitrogens with one attached hydrogen (secondary N) is 1. The summed E-state index contributed by atoms with van der Waals surface area (Å²) in [7, 11) is 0. The molecular weight excluding hydrogens is 188 g/mol. The van der Waals surface area contributed by atoms with Crippen LogP contribution in [0, 0.1) is 5.92 Å². The zero-order valence-electron chi connectivity index (χ0n) is 10.4. The van der Waals surface area contributed by atoms with Gasteiger partial charge in [0.15, 0.2) is 0 Å². The van der Waals surface area contributed by atoms with Crippen molar-refractivity contribution in [1.29, 1.82) is 0 Å². The molecule has 0 bridgehead atoms. The summed E-state index contributed by atoms with van der Waals surface area (Å²) < 4.78 is 0. The van der Waals surface area contributed by atoms with E-state index < -0.39 is 0 Å². The van der Waals surface area contributed by atoms with E-state index in [1.54, 1.807) is 0 Å². The van der Waals surface area contributed by atoms with Gasteiger partial charge in [0, 0.05) is 12.6 Å². The Morgan fingerprint density at radius 3 is 2.47 bits per heavy atom. The molecule has 1 rings (SSSR count). The Balaban J connectivity index is 2.57. The van der Waals surface area contributed by atoms with Crippen LogP contribution in [0.25, 0.3) is 0 Å². The first kappa shape index (κ1) is 12.5. The lowest BCUT2D eigenvalue weighted by Gasteiger charge is -2.30. The number of hydrogen-bond donors (Lipinski definition) is 1. The van der Waals surface area contributed by atoms with E-state index in [0.717, 1.165) is 25.9 Å². The van der Waals surface area contributed by atoms with Crippen molar-refractivity contribution in [1.82, 2.24) is 10.2 Å². The molecule has 0 saturated carbocycles. The van der Waals surface area contributed by atoms with Crippen LogP contribution in [0.3, 0.4) is 0 Å². The predicted molar refractivity (Wildman–Crippen MR) is 62.7 cm³/mol. The minimum atomic E-state index is 0.0751. The summed E-state index contributed by atoms with van der Waals surface area (Å²) in [4.78, 5) is 14.2. The van der Waals surface area contributed by atoms with E-state index in [1.807, 2.05) is 4.90 Å². The molecule has 0 aromatic heterocycles. The molecule has 0 aromatic carbocycles. The van der Waals surface area contributed by atoms with Crippen molar-refractivity contribution >= 4 is 5.91 Å². The lowest BCUT2D eigenvalue weighted by Crippen LogP contribution is -2.48. The first-order valence-electron chi connectivity index (χ1n) is 6.06. The molecule has 88 valence electrons. The smallest absolute Gasteiger partial charge is 0.239 e. The van der Waals surface area contributed by atoms with Crippen LogP contribution < -0.4 is 5.32 Å². The summed E-state index contributed by atoms with van der Waals surface area (Å²) in [5.74, 6) is 0.828. The Hall–Kier alpha value is -0.570. The molecule has 1 amide bonds. The van der Waals surface area contributed by atoms with Crippen molar-refractivity contribution in [3.8, 4) is 0 Å². The van der Waals surface area contributed by atoms with Crippen molar-refractivity contribution in [3.63, 3.8) is 0 Å². The minimum Gasteiger partial charge on any atom is -0.339 e. The Morgan fingerprint density at radius 1 is 1.40 bits per heavy atom. The number of carbonyl (C=O) groups excluding carboxylic acids is 1. The summed E-state index contributed by atoms with van der Waals surface area (Å²) >= 11 is 0. The Labute approximate surface area is 93.2 Å². The molecule has 1 aliphatic heterocycles. The second kappa shape index (κ2) is 5.50. The second-order valence-electron chi connectivity index (χ2n) is 5.13. The molecule has 1 heterocycles. The molecule has 0 unspecified atom stereocenters. The zero-order valence-corrected chi connectivity index (χ0v) is 10.4. The average molecular weight is 212 g/mol. The van der Waals surface area contributed by atoms with Crippen LogP contribution in [0.2, 0.25) is 0 Å². The highest BCUT2D eigenvalue weighted by Crippen LogP contribution is 2.12. The van der Waals surface area contributed by atoms with Gasteiger partial charge in [-0.15, -0.1) is 0 Å². The van der Waals surface area contributed by atoms with Crippen LogP contribution in [-0.2, 0) is 4.79 Å². The van der Waals surface area contributed by atoms with Gasteiger partial charge in [-0.25, -0.2) is 0 Å². The minimum absolute atomic E-state index is 0.0751. The topological polar surface area (TPSA) is 32.3 Å². The molecule has 1 N–H and O–H groups in total. The predicted octanol–water partition coefficient (Wildman–Crippen LogP) is 1.63. The summed E-state index contributed by atoms with van der Waals surface area (Å²) in [5, 5.41) is 3.27. The molecule has 1 aliphatic rings. The fraction of sp³-hybridized carbons (Fsp3) is 0.917. The van der Waals surface area contributed by atoms with Gasteiger partial charge in [-0.1, -0.05) is 13.8 Å². The quantitative estimate of drug-likeness (QED) is 0.768. The first-order chi connectivity index (χ1) is 7.02. The number of rotatable bonds is 4. The number of hydrogen-bond acceptors (Lipinski definition) is 2. The van der Waals surface area contributed by atoms with Gasteiger partial charge in [-0.3, -0.25) is 4.79 Å². The van der Waals surface area contributed by atoms with E-state index in [2.05, 4.69) is 33.0 Å². The highest BCUT2D eigenvalue weighted by molar-refractivity contribution is 5.82. The van der Waals surface area contributed by atoms with Crippen LogP contribution in [0.15, 0.2) is 0 Å². The molecule has 15 heavy (non-hydrogen) atoms. The third kappa shape index (κ3) is 3.49. The van der Waals surface area contributed by atoms with Crippen molar-refractivity contribution in [2.45, 2.75) is 52.6 Å². The van der Waals surface area contributed by atoms with Gasteiger partial charge in [0.2, 0.25) is 5.91 Å². The maximum atomic E-state index is 12.2. The summed E-state index contributed by atoms with van der Waals surface area (Å²) in [5.41, 5.74) is 0. The molecule has 1 fully saturated rings. The van der Waals surface area contributed by atoms with Crippen molar-refractivity contribution in [3.05, 3.63) is 0 Å². The van der Waals surface area contributed by atoms with E-state index in [-0.39, 0.29) is 11.9 Å².